The molecule has 1 aromatic rings. The molecule has 8 heteroatoms. The molecule has 1 rings (SSSR count). The lowest BCUT2D eigenvalue weighted by molar-refractivity contribution is 0.0953. The van der Waals surface area contributed by atoms with E-state index in [2.05, 4.69) is 31.4 Å². The van der Waals surface area contributed by atoms with E-state index < -0.39 is 10.0 Å². The van der Waals surface area contributed by atoms with Gasteiger partial charge in [-0.3, -0.25) is 4.79 Å². The van der Waals surface area contributed by atoms with Crippen LogP contribution >= 0.6 is 11.6 Å². The molecule has 1 aromatic carbocycles. The molecule has 0 bridgehead atoms. The number of carbonyl (C=O) groups is 1. The highest BCUT2D eigenvalue weighted by Crippen LogP contribution is 2.25. The van der Waals surface area contributed by atoms with E-state index in [0.29, 0.717) is 19.6 Å². The van der Waals surface area contributed by atoms with E-state index in [4.69, 9.17) is 11.6 Å². The van der Waals surface area contributed by atoms with Gasteiger partial charge in [-0.05, 0) is 51.9 Å². The van der Waals surface area contributed by atoms with Crippen molar-refractivity contribution in [3.05, 3.63) is 28.8 Å². The van der Waals surface area contributed by atoms with E-state index in [1.165, 1.54) is 22.5 Å². The van der Waals surface area contributed by atoms with Gasteiger partial charge in [-0.15, -0.1) is 0 Å². The summed E-state index contributed by atoms with van der Waals surface area (Å²) in [5, 5.41) is 6.27. The minimum Gasteiger partial charge on any atom is -0.352 e. The first-order valence-corrected chi connectivity index (χ1v) is 10.7. The number of nitrogens with zero attached hydrogens (tertiary/aromatic N) is 1. The topological polar surface area (TPSA) is 78.5 Å². The number of sulfonamides is 1. The Kier molecular flexibility index (Phi) is 8.53. The summed E-state index contributed by atoms with van der Waals surface area (Å²) in [6.45, 7) is 11.7. The number of benzene rings is 1. The van der Waals surface area contributed by atoms with E-state index in [1.54, 1.807) is 13.8 Å². The number of amides is 1. The van der Waals surface area contributed by atoms with Gasteiger partial charge in [-0.1, -0.05) is 25.4 Å². The zero-order valence-electron chi connectivity index (χ0n) is 16.2. The largest absolute Gasteiger partial charge is 0.352 e. The maximum Gasteiger partial charge on any atom is 0.251 e. The predicted molar refractivity (Wildman–Crippen MR) is 106 cm³/mol. The quantitative estimate of drug-likeness (QED) is 0.621. The average molecular weight is 404 g/mol. The van der Waals surface area contributed by atoms with Crippen LogP contribution in [-0.2, 0) is 10.0 Å². The van der Waals surface area contributed by atoms with Crippen molar-refractivity contribution in [3.63, 3.8) is 0 Å². The lowest BCUT2D eigenvalue weighted by atomic mass is 10.1. The first kappa shape index (κ1) is 22.9. The van der Waals surface area contributed by atoms with Gasteiger partial charge in [0.1, 0.15) is 4.90 Å². The second-order valence-electron chi connectivity index (χ2n) is 7.02. The summed E-state index contributed by atoms with van der Waals surface area (Å²) in [6, 6.07) is 4.33. The van der Waals surface area contributed by atoms with Crippen molar-refractivity contribution < 1.29 is 13.2 Å². The average Bonchev–Trinajstić information content (AvgIpc) is 2.54. The molecule has 6 nitrogen and oxygen atoms in total. The summed E-state index contributed by atoms with van der Waals surface area (Å²) < 4.78 is 26.7. The summed E-state index contributed by atoms with van der Waals surface area (Å²) in [7, 11) is -3.72. The molecular formula is C18H30ClN3O3S. The van der Waals surface area contributed by atoms with Gasteiger partial charge in [-0.2, -0.15) is 4.31 Å². The third-order valence-electron chi connectivity index (χ3n) is 3.81. The predicted octanol–water partition coefficient (Wildman–Crippen LogP) is 2.88. The molecular weight excluding hydrogens is 374 g/mol. The van der Waals surface area contributed by atoms with Crippen LogP contribution in [-0.4, -0.2) is 50.3 Å². The van der Waals surface area contributed by atoms with Crippen molar-refractivity contribution in [1.29, 1.82) is 0 Å². The molecule has 0 aliphatic heterocycles. The Hall–Kier alpha value is -1.15. The highest BCUT2D eigenvalue weighted by molar-refractivity contribution is 7.89. The van der Waals surface area contributed by atoms with E-state index in [-0.39, 0.29) is 26.9 Å². The number of hydrogen-bond donors (Lipinski definition) is 2. The third kappa shape index (κ3) is 6.54. The minimum absolute atomic E-state index is 0.0356. The smallest absolute Gasteiger partial charge is 0.251 e. The fraction of sp³-hybridized carbons (Fsp3) is 0.611. The van der Waals surface area contributed by atoms with Gasteiger partial charge >= 0.3 is 0 Å². The molecule has 0 atom stereocenters. The van der Waals surface area contributed by atoms with Gasteiger partial charge in [0.25, 0.3) is 5.91 Å². The monoisotopic (exact) mass is 403 g/mol. The van der Waals surface area contributed by atoms with Gasteiger partial charge < -0.3 is 10.6 Å². The lowest BCUT2D eigenvalue weighted by Crippen LogP contribution is -2.37. The van der Waals surface area contributed by atoms with Crippen LogP contribution in [0.4, 0.5) is 0 Å². The number of rotatable bonds is 9. The van der Waals surface area contributed by atoms with Gasteiger partial charge in [0, 0.05) is 30.7 Å². The second kappa shape index (κ2) is 9.69. The van der Waals surface area contributed by atoms with Gasteiger partial charge in [0.2, 0.25) is 10.0 Å². The Labute approximate surface area is 162 Å². The van der Waals surface area contributed by atoms with Crippen molar-refractivity contribution in [2.45, 2.75) is 51.5 Å². The van der Waals surface area contributed by atoms with E-state index >= 15 is 0 Å². The zero-order chi connectivity index (χ0) is 20.0. The number of hydrogen-bond acceptors (Lipinski definition) is 4. The van der Waals surface area contributed by atoms with Crippen molar-refractivity contribution in [2.24, 2.45) is 0 Å². The molecule has 0 aliphatic rings. The molecule has 0 aliphatic carbocycles. The normalized spacial score (nSPS) is 12.4. The second-order valence-corrected chi connectivity index (χ2v) is 9.33. The van der Waals surface area contributed by atoms with E-state index in [0.717, 1.165) is 13.0 Å². The van der Waals surface area contributed by atoms with Crippen LogP contribution in [0.2, 0.25) is 5.02 Å². The Morgan fingerprint density at radius 2 is 1.77 bits per heavy atom. The maximum absolute atomic E-state index is 12.7. The fourth-order valence-electron chi connectivity index (χ4n) is 2.40. The van der Waals surface area contributed by atoms with Crippen LogP contribution in [0.25, 0.3) is 0 Å². The fourth-order valence-corrected chi connectivity index (χ4v) is 4.36. The van der Waals surface area contributed by atoms with Crippen molar-refractivity contribution in [3.8, 4) is 0 Å². The number of halogens is 1. The first-order chi connectivity index (χ1) is 12.0. The van der Waals surface area contributed by atoms with Crippen LogP contribution in [0.1, 0.15) is 51.4 Å². The molecule has 0 unspecified atom stereocenters. The summed E-state index contributed by atoms with van der Waals surface area (Å²) in [5.74, 6) is -0.312. The Morgan fingerprint density at radius 1 is 1.15 bits per heavy atom. The molecule has 0 spiro atoms. The molecule has 148 valence electrons. The summed E-state index contributed by atoms with van der Waals surface area (Å²) >= 11 is 6.09. The Morgan fingerprint density at radius 3 is 2.31 bits per heavy atom. The van der Waals surface area contributed by atoms with Crippen LogP contribution in [0.5, 0.6) is 0 Å². The standard InChI is InChI=1S/C18H30ClN3O3S/c1-6-22(7-2)26(24,25)16-13-14(9-10-15(16)19)17(23)20-11-8-12-21-18(3,4)5/h9-10,13,21H,6-8,11-12H2,1-5H3,(H,20,23). The maximum atomic E-state index is 12.7. The number of nitrogens with one attached hydrogen (secondary N) is 2. The highest BCUT2D eigenvalue weighted by Gasteiger charge is 2.25. The van der Waals surface area contributed by atoms with Crippen molar-refractivity contribution in [1.82, 2.24) is 14.9 Å². The lowest BCUT2D eigenvalue weighted by Gasteiger charge is -2.20. The molecule has 0 aromatic heterocycles. The van der Waals surface area contributed by atoms with Gasteiger partial charge in [0.15, 0.2) is 0 Å². The summed E-state index contributed by atoms with van der Waals surface area (Å²) in [6.07, 6.45) is 0.779. The highest BCUT2D eigenvalue weighted by atomic mass is 35.5. The third-order valence-corrected chi connectivity index (χ3v) is 6.34. The Balaban J connectivity index is 2.82. The van der Waals surface area contributed by atoms with Crippen LogP contribution in [0, 0.1) is 0 Å². The zero-order valence-corrected chi connectivity index (χ0v) is 17.8. The van der Waals surface area contributed by atoms with Gasteiger partial charge in [0.05, 0.1) is 5.02 Å². The minimum atomic E-state index is -3.72. The van der Waals surface area contributed by atoms with Gasteiger partial charge in [-0.25, -0.2) is 8.42 Å². The van der Waals surface area contributed by atoms with Crippen molar-refractivity contribution in [2.75, 3.05) is 26.2 Å². The molecule has 26 heavy (non-hydrogen) atoms. The molecule has 0 saturated carbocycles. The van der Waals surface area contributed by atoms with Crippen LogP contribution in [0.3, 0.4) is 0 Å². The van der Waals surface area contributed by atoms with E-state index in [1.807, 2.05) is 0 Å². The molecule has 1 amide bonds. The molecule has 0 fully saturated rings. The SMILES string of the molecule is CCN(CC)S(=O)(=O)c1cc(C(=O)NCCCNC(C)(C)C)ccc1Cl. The van der Waals surface area contributed by atoms with E-state index in [9.17, 15) is 13.2 Å². The summed E-state index contributed by atoms with van der Waals surface area (Å²) in [5.41, 5.74) is 0.317. The molecule has 2 N–H and O–H groups in total. The van der Waals surface area contributed by atoms with Crippen LogP contribution < -0.4 is 10.6 Å². The van der Waals surface area contributed by atoms with Crippen molar-refractivity contribution >= 4 is 27.5 Å². The number of carbonyl (C=O) groups excluding carboxylic acids is 1. The Bertz CT molecular complexity index is 711. The first-order valence-electron chi connectivity index (χ1n) is 8.85. The van der Waals surface area contributed by atoms with Crippen LogP contribution in [0.15, 0.2) is 23.1 Å². The summed E-state index contributed by atoms with van der Waals surface area (Å²) in [4.78, 5) is 12.3. The molecule has 0 heterocycles. The molecule has 0 saturated heterocycles. The molecule has 0 radical (unpaired) electrons.